The van der Waals surface area contributed by atoms with Crippen LogP contribution in [0.15, 0.2) is 23.3 Å². The number of rotatable bonds is 2. The maximum Gasteiger partial charge on any atom is 0.169 e. The summed E-state index contributed by atoms with van der Waals surface area (Å²) in [6, 6.07) is 0. The van der Waals surface area contributed by atoms with Gasteiger partial charge in [0, 0.05) is 0 Å². The van der Waals surface area contributed by atoms with E-state index in [0.717, 1.165) is 6.42 Å². The maximum absolute atomic E-state index is 12.0. The lowest BCUT2D eigenvalue weighted by Gasteiger charge is -2.20. The van der Waals surface area contributed by atoms with Crippen molar-refractivity contribution in [1.82, 2.24) is 0 Å². The molecule has 0 aliphatic heterocycles. The number of hydrogen-bond acceptors (Lipinski definition) is 2. The summed E-state index contributed by atoms with van der Waals surface area (Å²) in [6.45, 7) is 3.58. The predicted octanol–water partition coefficient (Wildman–Crippen LogP) is 2.69. The molecule has 90 valence electrons. The van der Waals surface area contributed by atoms with Gasteiger partial charge in [0.15, 0.2) is 11.6 Å². The zero-order chi connectivity index (χ0) is 12.2. The zero-order valence-corrected chi connectivity index (χ0v) is 10.4. The summed E-state index contributed by atoms with van der Waals surface area (Å²) in [6.07, 6.45) is 7.78. The lowest BCUT2D eigenvalue weighted by molar-refractivity contribution is -0.127. The van der Waals surface area contributed by atoms with E-state index in [1.54, 1.807) is 13.8 Å². The number of fused-ring (bicyclic) bond motifs is 2. The lowest BCUT2D eigenvalue weighted by atomic mass is 9.83. The van der Waals surface area contributed by atoms with Crippen LogP contribution in [0.1, 0.15) is 33.1 Å². The SMILES string of the molecule is CC1=C(C)C(=O)C(CC2CC3C=CC2C3)C1=O. The molecule has 3 aliphatic carbocycles. The molecule has 3 rings (SSSR count). The minimum Gasteiger partial charge on any atom is -0.294 e. The Hall–Kier alpha value is -1.18. The minimum absolute atomic E-state index is 0.0826. The first-order valence-electron chi connectivity index (χ1n) is 6.52. The van der Waals surface area contributed by atoms with Crippen LogP contribution in [0.4, 0.5) is 0 Å². The van der Waals surface area contributed by atoms with Gasteiger partial charge in [-0.05, 0) is 62.0 Å². The lowest BCUT2D eigenvalue weighted by Crippen LogP contribution is -2.23. The van der Waals surface area contributed by atoms with Gasteiger partial charge in [0.05, 0.1) is 5.92 Å². The van der Waals surface area contributed by atoms with E-state index in [4.69, 9.17) is 0 Å². The van der Waals surface area contributed by atoms with E-state index in [9.17, 15) is 9.59 Å². The normalized spacial score (nSPS) is 36.7. The molecule has 0 heterocycles. The third-order valence-electron chi connectivity index (χ3n) is 4.89. The zero-order valence-electron chi connectivity index (χ0n) is 10.4. The Morgan fingerprint density at radius 3 is 2.18 bits per heavy atom. The molecule has 3 atom stereocenters. The number of hydrogen-bond donors (Lipinski definition) is 0. The topological polar surface area (TPSA) is 34.1 Å². The standard InChI is InChI=1S/C15H18O2/c1-8-9(2)15(17)13(14(8)16)7-12-6-10-3-4-11(12)5-10/h3-4,10-13H,5-7H2,1-2H3. The van der Waals surface area contributed by atoms with Crippen molar-refractivity contribution in [2.45, 2.75) is 33.1 Å². The summed E-state index contributed by atoms with van der Waals surface area (Å²) in [4.78, 5) is 24.0. The molecule has 1 saturated carbocycles. The first-order chi connectivity index (χ1) is 8.08. The van der Waals surface area contributed by atoms with Crippen molar-refractivity contribution in [3.05, 3.63) is 23.3 Å². The van der Waals surface area contributed by atoms with Crippen LogP contribution in [0.5, 0.6) is 0 Å². The molecule has 3 unspecified atom stereocenters. The molecule has 0 N–H and O–H groups in total. The minimum atomic E-state index is -0.354. The molecule has 2 heteroatoms. The highest BCUT2D eigenvalue weighted by molar-refractivity contribution is 6.24. The van der Waals surface area contributed by atoms with E-state index >= 15 is 0 Å². The number of carbonyl (C=O) groups excluding carboxylic acids is 2. The second-order valence-corrected chi connectivity index (χ2v) is 5.81. The Kier molecular flexibility index (Phi) is 2.35. The Labute approximate surface area is 102 Å². The van der Waals surface area contributed by atoms with Gasteiger partial charge in [-0.3, -0.25) is 9.59 Å². The van der Waals surface area contributed by atoms with Crippen molar-refractivity contribution < 1.29 is 9.59 Å². The van der Waals surface area contributed by atoms with Crippen LogP contribution in [0.25, 0.3) is 0 Å². The fourth-order valence-corrected chi connectivity index (χ4v) is 3.69. The van der Waals surface area contributed by atoms with E-state index in [1.165, 1.54) is 12.8 Å². The van der Waals surface area contributed by atoms with Crippen LogP contribution in [0.3, 0.4) is 0 Å². The van der Waals surface area contributed by atoms with Gasteiger partial charge in [-0.15, -0.1) is 0 Å². The average Bonchev–Trinajstić information content (AvgIpc) is 2.97. The highest BCUT2D eigenvalue weighted by Crippen LogP contribution is 2.47. The Bertz CT molecular complexity index is 432. The first kappa shape index (κ1) is 10.9. The van der Waals surface area contributed by atoms with Gasteiger partial charge in [-0.2, -0.15) is 0 Å². The van der Waals surface area contributed by atoms with Gasteiger partial charge < -0.3 is 0 Å². The molecular formula is C15H18O2. The van der Waals surface area contributed by atoms with Crippen LogP contribution in [-0.4, -0.2) is 11.6 Å². The van der Waals surface area contributed by atoms with Gasteiger partial charge >= 0.3 is 0 Å². The Balaban J connectivity index is 1.74. The Morgan fingerprint density at radius 2 is 1.71 bits per heavy atom. The second-order valence-electron chi connectivity index (χ2n) is 5.81. The quantitative estimate of drug-likeness (QED) is 0.540. The van der Waals surface area contributed by atoms with Crippen molar-refractivity contribution in [2.75, 3.05) is 0 Å². The van der Waals surface area contributed by atoms with E-state index in [0.29, 0.717) is 28.9 Å². The van der Waals surface area contributed by atoms with Gasteiger partial charge in [-0.1, -0.05) is 12.2 Å². The molecule has 0 aromatic carbocycles. The van der Waals surface area contributed by atoms with Crippen molar-refractivity contribution in [3.8, 4) is 0 Å². The number of carbonyl (C=O) groups is 2. The number of Topliss-reactive ketones (excluding diaryl/α,β-unsaturated/α-hetero) is 2. The molecule has 1 fully saturated rings. The summed E-state index contributed by atoms with van der Waals surface area (Å²) in [7, 11) is 0. The first-order valence-corrected chi connectivity index (χ1v) is 6.52. The highest BCUT2D eigenvalue weighted by Gasteiger charge is 2.42. The van der Waals surface area contributed by atoms with Crippen molar-refractivity contribution >= 4 is 11.6 Å². The van der Waals surface area contributed by atoms with Gasteiger partial charge in [-0.25, -0.2) is 0 Å². The molecule has 17 heavy (non-hydrogen) atoms. The third kappa shape index (κ3) is 1.54. The van der Waals surface area contributed by atoms with Crippen LogP contribution in [0, 0.1) is 23.7 Å². The molecule has 0 radical (unpaired) electrons. The largest absolute Gasteiger partial charge is 0.294 e. The molecule has 0 amide bonds. The molecule has 0 saturated heterocycles. The third-order valence-corrected chi connectivity index (χ3v) is 4.89. The van der Waals surface area contributed by atoms with Gasteiger partial charge in [0.25, 0.3) is 0 Å². The predicted molar refractivity (Wildman–Crippen MR) is 65.3 cm³/mol. The van der Waals surface area contributed by atoms with Gasteiger partial charge in [0.1, 0.15) is 0 Å². The molecular weight excluding hydrogens is 212 g/mol. The maximum atomic E-state index is 12.0. The Morgan fingerprint density at radius 1 is 1.06 bits per heavy atom. The van der Waals surface area contributed by atoms with E-state index in [2.05, 4.69) is 12.2 Å². The van der Waals surface area contributed by atoms with Crippen molar-refractivity contribution in [1.29, 1.82) is 0 Å². The summed E-state index contributed by atoms with van der Waals surface area (Å²) < 4.78 is 0. The van der Waals surface area contributed by atoms with Crippen LogP contribution < -0.4 is 0 Å². The van der Waals surface area contributed by atoms with Crippen molar-refractivity contribution in [2.24, 2.45) is 23.7 Å². The molecule has 2 nitrogen and oxygen atoms in total. The van der Waals surface area contributed by atoms with E-state index in [-0.39, 0.29) is 17.5 Å². The fourth-order valence-electron chi connectivity index (χ4n) is 3.69. The molecule has 3 aliphatic rings. The summed E-state index contributed by atoms with van der Waals surface area (Å²) in [5, 5.41) is 0. The fraction of sp³-hybridized carbons (Fsp3) is 0.600. The summed E-state index contributed by atoms with van der Waals surface area (Å²) in [5.41, 5.74) is 1.39. The average molecular weight is 230 g/mol. The number of ketones is 2. The van der Waals surface area contributed by atoms with Gasteiger partial charge in [0.2, 0.25) is 0 Å². The molecule has 2 bridgehead atoms. The second kappa shape index (κ2) is 3.66. The molecule has 0 spiro atoms. The van der Waals surface area contributed by atoms with Crippen LogP contribution in [-0.2, 0) is 9.59 Å². The number of allylic oxidation sites excluding steroid dienone is 4. The van der Waals surface area contributed by atoms with E-state index < -0.39 is 0 Å². The molecule has 0 aromatic rings. The summed E-state index contributed by atoms with van der Waals surface area (Å²) in [5.74, 6) is 1.71. The monoisotopic (exact) mass is 230 g/mol. The smallest absolute Gasteiger partial charge is 0.169 e. The molecule has 0 aromatic heterocycles. The summed E-state index contributed by atoms with van der Waals surface area (Å²) >= 11 is 0. The van der Waals surface area contributed by atoms with Crippen LogP contribution >= 0.6 is 0 Å². The van der Waals surface area contributed by atoms with Crippen LogP contribution in [0.2, 0.25) is 0 Å². The highest BCUT2D eigenvalue weighted by atomic mass is 16.2. The van der Waals surface area contributed by atoms with Crippen molar-refractivity contribution in [3.63, 3.8) is 0 Å². The van der Waals surface area contributed by atoms with E-state index in [1.807, 2.05) is 0 Å².